The van der Waals surface area contributed by atoms with Crippen molar-refractivity contribution in [3.05, 3.63) is 42.4 Å². The van der Waals surface area contributed by atoms with E-state index in [2.05, 4.69) is 47.9 Å². The highest BCUT2D eigenvalue weighted by Gasteiger charge is 2.23. The lowest BCUT2D eigenvalue weighted by atomic mass is 9.94. The Bertz CT molecular complexity index is 819. The van der Waals surface area contributed by atoms with Gasteiger partial charge in [-0.1, -0.05) is 32.5 Å². The summed E-state index contributed by atoms with van der Waals surface area (Å²) in [4.78, 5) is 8.55. The fourth-order valence-corrected chi connectivity index (χ4v) is 3.05. The molecule has 0 amide bonds. The average Bonchev–Trinajstić information content (AvgIpc) is 3.16. The number of hydrogen-bond donors (Lipinski definition) is 0. The maximum atomic E-state index is 5.91. The third kappa shape index (κ3) is 3.36. The van der Waals surface area contributed by atoms with Gasteiger partial charge in [0.15, 0.2) is 11.0 Å². The summed E-state index contributed by atoms with van der Waals surface area (Å²) < 4.78 is 7.88. The zero-order chi connectivity index (χ0) is 17.3. The first-order chi connectivity index (χ1) is 11.4. The van der Waals surface area contributed by atoms with Crippen LogP contribution in [0, 0.1) is 0 Å². The summed E-state index contributed by atoms with van der Waals surface area (Å²) in [6.45, 7) is 8.38. The number of pyridine rings is 1. The molecule has 0 radical (unpaired) electrons. The summed E-state index contributed by atoms with van der Waals surface area (Å²) in [5.74, 6) is 2.38. The van der Waals surface area contributed by atoms with Crippen LogP contribution in [0.5, 0.6) is 0 Å². The molecule has 24 heavy (non-hydrogen) atoms. The summed E-state index contributed by atoms with van der Waals surface area (Å²) in [5, 5.41) is 9.43. The second kappa shape index (κ2) is 6.39. The first-order valence-electron chi connectivity index (χ1n) is 7.79. The van der Waals surface area contributed by atoms with E-state index in [1.165, 1.54) is 0 Å². The second-order valence-corrected chi connectivity index (χ2v) is 7.99. The smallest absolute Gasteiger partial charge is 0.207 e. The molecule has 6 nitrogen and oxygen atoms in total. The Morgan fingerprint density at radius 3 is 2.62 bits per heavy atom. The van der Waals surface area contributed by atoms with E-state index >= 15 is 0 Å². The third-order valence-corrected chi connectivity index (χ3v) is 4.77. The second-order valence-electron chi connectivity index (χ2n) is 6.68. The average molecular weight is 343 g/mol. The van der Waals surface area contributed by atoms with Crippen molar-refractivity contribution in [2.45, 2.75) is 43.5 Å². The van der Waals surface area contributed by atoms with Crippen LogP contribution < -0.4 is 0 Å². The van der Waals surface area contributed by atoms with Gasteiger partial charge < -0.3 is 8.98 Å². The molecule has 0 aromatic carbocycles. The lowest BCUT2D eigenvalue weighted by molar-refractivity contribution is 0.383. The minimum atomic E-state index is -0.0477. The first kappa shape index (κ1) is 16.7. The summed E-state index contributed by atoms with van der Waals surface area (Å²) in [5.41, 5.74) is 0.895. The monoisotopic (exact) mass is 343 g/mol. The molecule has 0 unspecified atom stereocenters. The molecule has 0 aliphatic carbocycles. The zero-order valence-corrected chi connectivity index (χ0v) is 15.3. The molecule has 0 aliphatic rings. The molecule has 0 saturated heterocycles. The van der Waals surface area contributed by atoms with Crippen molar-refractivity contribution < 1.29 is 4.42 Å². The molecule has 0 saturated carbocycles. The molecule has 0 aliphatic heterocycles. The minimum absolute atomic E-state index is 0.0470. The molecular formula is C17H21N5OS. The molecule has 126 valence electrons. The van der Waals surface area contributed by atoms with Crippen LogP contribution >= 0.6 is 11.8 Å². The maximum absolute atomic E-state index is 5.91. The summed E-state index contributed by atoms with van der Waals surface area (Å²) in [7, 11) is 1.95. The Morgan fingerprint density at radius 1 is 1.21 bits per heavy atom. The van der Waals surface area contributed by atoms with Crippen LogP contribution in [0.1, 0.15) is 44.6 Å². The Labute approximate surface area is 145 Å². The highest BCUT2D eigenvalue weighted by Crippen LogP contribution is 2.35. The Kier molecular flexibility index (Phi) is 4.45. The number of nitrogens with zero attached hydrogens (tertiary/aromatic N) is 5. The molecule has 3 rings (SSSR count). The van der Waals surface area contributed by atoms with Gasteiger partial charge >= 0.3 is 0 Å². The number of aromatic nitrogens is 5. The zero-order valence-electron chi connectivity index (χ0n) is 14.5. The standard InChI is InChI=1S/C17H21N5OS/c1-11(15-19-10-13(23-15)17(2,3)4)24-16-21-20-14(22(16)5)12-7-6-8-18-9-12/h6-11H,1-5H3/t11-/m1/s1. The summed E-state index contributed by atoms with van der Waals surface area (Å²) in [6.07, 6.45) is 5.34. The maximum Gasteiger partial charge on any atom is 0.207 e. The fraction of sp³-hybridized carbons (Fsp3) is 0.412. The first-order valence-corrected chi connectivity index (χ1v) is 8.67. The van der Waals surface area contributed by atoms with Gasteiger partial charge in [0.25, 0.3) is 0 Å². The van der Waals surface area contributed by atoms with Crippen molar-refractivity contribution >= 4 is 11.8 Å². The van der Waals surface area contributed by atoms with E-state index in [0.717, 1.165) is 22.3 Å². The van der Waals surface area contributed by atoms with E-state index in [4.69, 9.17) is 4.42 Å². The van der Waals surface area contributed by atoms with Gasteiger partial charge in [0.1, 0.15) is 5.76 Å². The largest absolute Gasteiger partial charge is 0.444 e. The van der Waals surface area contributed by atoms with Crippen LogP contribution in [-0.4, -0.2) is 24.7 Å². The van der Waals surface area contributed by atoms with Crippen LogP contribution in [0.15, 0.2) is 40.3 Å². The topological polar surface area (TPSA) is 69.6 Å². The van der Waals surface area contributed by atoms with Gasteiger partial charge in [0, 0.05) is 30.4 Å². The van der Waals surface area contributed by atoms with Crippen molar-refractivity contribution in [1.29, 1.82) is 0 Å². The SMILES string of the molecule is C[C@@H](Sc1nnc(-c2cccnc2)n1C)c1ncc(C(C)(C)C)o1. The predicted octanol–water partition coefficient (Wildman–Crippen LogP) is 4.02. The molecule has 0 bridgehead atoms. The van der Waals surface area contributed by atoms with Gasteiger partial charge in [-0.25, -0.2) is 4.98 Å². The van der Waals surface area contributed by atoms with E-state index < -0.39 is 0 Å². The molecule has 3 aromatic rings. The number of hydrogen-bond acceptors (Lipinski definition) is 6. The van der Waals surface area contributed by atoms with E-state index in [0.29, 0.717) is 5.89 Å². The fourth-order valence-electron chi connectivity index (χ4n) is 2.19. The van der Waals surface area contributed by atoms with Crippen LogP contribution in [0.2, 0.25) is 0 Å². The van der Waals surface area contributed by atoms with Gasteiger partial charge in [0.2, 0.25) is 5.89 Å². The van der Waals surface area contributed by atoms with Crippen LogP contribution in [0.4, 0.5) is 0 Å². The number of rotatable bonds is 4. The van der Waals surface area contributed by atoms with Gasteiger partial charge in [-0.15, -0.1) is 10.2 Å². The summed E-state index contributed by atoms with van der Waals surface area (Å²) >= 11 is 1.58. The van der Waals surface area contributed by atoms with Crippen LogP contribution in [0.3, 0.4) is 0 Å². The van der Waals surface area contributed by atoms with Crippen molar-refractivity contribution in [2.24, 2.45) is 7.05 Å². The Morgan fingerprint density at radius 2 is 2.00 bits per heavy atom. The van der Waals surface area contributed by atoms with Gasteiger partial charge in [-0.2, -0.15) is 0 Å². The lowest BCUT2D eigenvalue weighted by Gasteiger charge is -2.13. The lowest BCUT2D eigenvalue weighted by Crippen LogP contribution is -2.09. The number of oxazole rings is 1. The van der Waals surface area contributed by atoms with Gasteiger partial charge in [-0.3, -0.25) is 4.98 Å². The summed E-state index contributed by atoms with van der Waals surface area (Å²) in [6, 6.07) is 3.86. The molecule has 1 atom stereocenters. The molecule has 3 aromatic heterocycles. The van der Waals surface area contributed by atoms with Crippen molar-refractivity contribution in [3.63, 3.8) is 0 Å². The minimum Gasteiger partial charge on any atom is -0.444 e. The molecule has 7 heteroatoms. The molecule has 0 spiro atoms. The van der Waals surface area contributed by atoms with E-state index in [-0.39, 0.29) is 10.7 Å². The molecule has 0 fully saturated rings. The molecular weight excluding hydrogens is 322 g/mol. The molecule has 3 heterocycles. The number of thioether (sulfide) groups is 1. The van der Waals surface area contributed by atoms with Crippen LogP contribution in [-0.2, 0) is 12.5 Å². The highest BCUT2D eigenvalue weighted by molar-refractivity contribution is 7.99. The Hall–Kier alpha value is -2.15. The quantitative estimate of drug-likeness (QED) is 0.667. The van der Waals surface area contributed by atoms with Crippen LogP contribution in [0.25, 0.3) is 11.4 Å². The molecule has 0 N–H and O–H groups in total. The van der Waals surface area contributed by atoms with Gasteiger partial charge in [-0.05, 0) is 19.1 Å². The van der Waals surface area contributed by atoms with E-state index in [1.54, 1.807) is 24.2 Å². The van der Waals surface area contributed by atoms with E-state index in [9.17, 15) is 0 Å². The van der Waals surface area contributed by atoms with E-state index in [1.807, 2.05) is 29.9 Å². The van der Waals surface area contributed by atoms with Crippen molar-refractivity contribution in [2.75, 3.05) is 0 Å². The van der Waals surface area contributed by atoms with Crippen molar-refractivity contribution in [3.8, 4) is 11.4 Å². The van der Waals surface area contributed by atoms with Gasteiger partial charge in [0.05, 0.1) is 11.4 Å². The Balaban J connectivity index is 1.79. The normalized spacial score (nSPS) is 13.2. The third-order valence-electron chi connectivity index (χ3n) is 3.65. The predicted molar refractivity (Wildman–Crippen MR) is 93.7 cm³/mol. The highest BCUT2D eigenvalue weighted by atomic mass is 32.2. The van der Waals surface area contributed by atoms with Crippen molar-refractivity contribution in [1.82, 2.24) is 24.7 Å².